The lowest BCUT2D eigenvalue weighted by Crippen LogP contribution is -2.44. The van der Waals surface area contributed by atoms with E-state index in [4.69, 9.17) is 43.6 Å². The van der Waals surface area contributed by atoms with Crippen LogP contribution in [0.4, 0.5) is 11.4 Å². The van der Waals surface area contributed by atoms with Crippen molar-refractivity contribution in [2.24, 2.45) is 0 Å². The summed E-state index contributed by atoms with van der Waals surface area (Å²) in [6.07, 6.45) is 17.5. The van der Waals surface area contributed by atoms with Crippen molar-refractivity contribution in [3.63, 3.8) is 0 Å². The lowest BCUT2D eigenvalue weighted by Gasteiger charge is -2.36. The number of nitrogens with zero attached hydrogens (tertiary/aromatic N) is 1. The Kier molecular flexibility index (Phi) is 11.8. The molecule has 1 spiro atoms. The van der Waals surface area contributed by atoms with Crippen molar-refractivity contribution in [2.45, 2.75) is 38.0 Å². The molecule has 1 unspecified atom stereocenters. The van der Waals surface area contributed by atoms with Crippen molar-refractivity contribution in [1.29, 1.82) is 0 Å². The molecule has 10 radical (unpaired) electrons. The van der Waals surface area contributed by atoms with Gasteiger partial charge in [0.1, 0.15) is 50.6 Å². The highest BCUT2D eigenvalue weighted by Gasteiger charge is 2.56. The third-order valence-electron chi connectivity index (χ3n) is 14.7. The van der Waals surface area contributed by atoms with Crippen LogP contribution in [0.3, 0.4) is 0 Å². The molecule has 0 fully saturated rings. The fraction of sp³-hybridized carbons (Fsp3) is 0.0938. The van der Waals surface area contributed by atoms with Crippen LogP contribution in [0.5, 0.6) is 0 Å². The minimum atomic E-state index is -0.970. The molecule has 71 heavy (non-hydrogen) atoms. The van der Waals surface area contributed by atoms with Gasteiger partial charge in [0.15, 0.2) is 0 Å². The van der Waals surface area contributed by atoms with Crippen molar-refractivity contribution in [2.75, 3.05) is 4.90 Å². The number of anilines is 2. The van der Waals surface area contributed by atoms with Crippen LogP contribution < -0.4 is 26.8 Å². The van der Waals surface area contributed by atoms with E-state index in [1.54, 1.807) is 6.08 Å². The Labute approximate surface area is 424 Å². The molecule has 0 bridgehead atoms. The van der Waals surface area contributed by atoms with Gasteiger partial charge >= 0.3 is 0 Å². The van der Waals surface area contributed by atoms with Crippen LogP contribution >= 0.6 is 0 Å². The van der Waals surface area contributed by atoms with E-state index in [2.05, 4.69) is 165 Å². The largest absolute Gasteiger partial charge is 0.455 e. The molecule has 11 rings (SSSR count). The van der Waals surface area contributed by atoms with E-state index in [9.17, 15) is 0 Å². The second-order valence-corrected chi connectivity index (χ2v) is 18.5. The van der Waals surface area contributed by atoms with E-state index >= 15 is 0 Å². The van der Waals surface area contributed by atoms with Gasteiger partial charge in [0.05, 0.1) is 5.41 Å². The lowest BCUT2D eigenvalue weighted by molar-refractivity contribution is 0.603. The molecule has 0 amide bonds. The summed E-state index contributed by atoms with van der Waals surface area (Å²) >= 11 is 0. The Morgan fingerprint density at radius 1 is 0.704 bits per heavy atom. The van der Waals surface area contributed by atoms with Gasteiger partial charge in [0.25, 0.3) is 0 Å². The normalized spacial score (nSPS) is 15.5. The third-order valence-corrected chi connectivity index (χ3v) is 14.7. The van der Waals surface area contributed by atoms with E-state index in [1.807, 2.05) is 36.4 Å². The highest BCUT2D eigenvalue weighted by Crippen LogP contribution is 2.65. The van der Waals surface area contributed by atoms with Crippen LogP contribution in [0.15, 0.2) is 200 Å². The van der Waals surface area contributed by atoms with Gasteiger partial charge < -0.3 is 9.32 Å². The summed E-state index contributed by atoms with van der Waals surface area (Å²) in [7, 11) is 36.6. The van der Waals surface area contributed by atoms with E-state index in [0.29, 0.717) is 56.0 Å². The molecular formula is C64H46B5NO. The molecule has 0 saturated carbocycles. The molecule has 8 aromatic rings. The number of hydrogen-bond acceptors (Lipinski definition) is 2. The zero-order valence-corrected chi connectivity index (χ0v) is 39.9. The van der Waals surface area contributed by atoms with Crippen molar-refractivity contribution in [3.8, 4) is 33.4 Å². The Morgan fingerprint density at radius 3 is 2.00 bits per heavy atom. The van der Waals surface area contributed by atoms with Gasteiger partial charge in [-0.25, -0.2) is 0 Å². The summed E-state index contributed by atoms with van der Waals surface area (Å²) in [5, 5.41) is 0.644. The average molecular weight is 899 g/mol. The van der Waals surface area contributed by atoms with Crippen LogP contribution in [0, 0.1) is 0 Å². The predicted octanol–water partition coefficient (Wildman–Crippen LogP) is 12.0. The molecule has 2 nitrogen and oxygen atoms in total. The SMILES string of the molecule is [B]C(=C)c1c(C=C)oc2c(-c3ccc(N(/C=C\C(=C/C=C)c4ccccc4)c4ccc(-c5ccccc5)cc4)cc3)c3c(c([B])c12)-c1c([B])c(CCC)c([B])c([B])c1C31C2=C(CCC=C2)c2ccccc21. The maximum absolute atomic E-state index is 7.68. The maximum Gasteiger partial charge on any atom is 0.142 e. The van der Waals surface area contributed by atoms with Crippen LogP contribution in [0.1, 0.15) is 70.9 Å². The number of fused-ring (bicyclic) bond motifs is 10. The lowest BCUT2D eigenvalue weighted by atomic mass is 9.60. The fourth-order valence-corrected chi connectivity index (χ4v) is 11.7. The minimum Gasteiger partial charge on any atom is -0.455 e. The molecule has 3 aliphatic rings. The van der Waals surface area contributed by atoms with Gasteiger partial charge in [-0.1, -0.05) is 187 Å². The molecule has 3 aliphatic carbocycles. The molecule has 0 saturated heterocycles. The standard InChI is InChI=1S/C64H46B5NO/c1-5-18-39(40-20-10-8-11-21-40)36-37-70(44-32-28-42(29-33-44)41-22-12-9-13-23-41)45-34-30-43(31-35-45)53-57-54(61(68)56-52(38(4)65)51(7-3)71-63(53)56)55-58(62(69)60(67)48(19-6-2)59(55)66)64(57)49-26-16-14-24-46(49)47-25-15-17-27-50(47)64/h5,7-14,16-18,20-24,26-37H,1,3-4,6,15,19,25H2,2H3/b37-36-,39-18+. The number of furan rings is 1. The number of benzene rings is 7. The Balaban J connectivity index is 1.20. The van der Waals surface area contributed by atoms with Crippen molar-refractivity contribution >= 4 is 106 Å². The number of rotatable bonds is 12. The molecular weight excluding hydrogens is 853 g/mol. The summed E-state index contributed by atoms with van der Waals surface area (Å²) in [4.78, 5) is 2.20. The first-order valence-electron chi connectivity index (χ1n) is 24.2. The molecule has 7 aromatic carbocycles. The maximum atomic E-state index is 7.68. The van der Waals surface area contributed by atoms with Gasteiger partial charge in [-0.15, -0.1) is 12.0 Å². The van der Waals surface area contributed by atoms with Crippen molar-refractivity contribution in [3.05, 3.63) is 240 Å². The first kappa shape index (κ1) is 45.8. The second-order valence-electron chi connectivity index (χ2n) is 18.5. The minimum absolute atomic E-state index is 0.309. The van der Waals surface area contributed by atoms with Crippen molar-refractivity contribution < 1.29 is 4.42 Å². The van der Waals surface area contributed by atoms with Gasteiger partial charge in [0.2, 0.25) is 0 Å². The Morgan fingerprint density at radius 2 is 1.34 bits per heavy atom. The number of allylic oxidation sites excluding steroid dienone is 8. The smallest absolute Gasteiger partial charge is 0.142 e. The van der Waals surface area contributed by atoms with Gasteiger partial charge in [-0.2, -0.15) is 0 Å². The molecule has 1 atom stereocenters. The summed E-state index contributed by atoms with van der Waals surface area (Å²) in [5.41, 5.74) is 19.4. The van der Waals surface area contributed by atoms with Crippen molar-refractivity contribution in [1.82, 2.24) is 0 Å². The van der Waals surface area contributed by atoms with E-state index < -0.39 is 5.41 Å². The zero-order valence-electron chi connectivity index (χ0n) is 39.9. The number of hydrogen-bond donors (Lipinski definition) is 0. The summed E-state index contributed by atoms with van der Waals surface area (Å²) in [5.74, 6) is 0.479. The summed E-state index contributed by atoms with van der Waals surface area (Å²) < 4.78 is 7.00. The van der Waals surface area contributed by atoms with Crippen LogP contribution in [0.2, 0.25) is 0 Å². The monoisotopic (exact) mass is 899 g/mol. The first-order valence-corrected chi connectivity index (χ1v) is 24.2. The van der Waals surface area contributed by atoms with Crippen LogP contribution in [0.25, 0.3) is 67.0 Å². The predicted molar refractivity (Wildman–Crippen MR) is 307 cm³/mol. The molecule has 1 aromatic heterocycles. The van der Waals surface area contributed by atoms with E-state index in [1.165, 1.54) is 11.1 Å². The molecule has 0 aliphatic heterocycles. The molecule has 328 valence electrons. The highest BCUT2D eigenvalue weighted by atomic mass is 16.3. The average Bonchev–Trinajstić information content (AvgIpc) is 4.06. The van der Waals surface area contributed by atoms with Gasteiger partial charge in [-0.05, 0) is 128 Å². The van der Waals surface area contributed by atoms with Crippen LogP contribution in [-0.2, 0) is 11.8 Å². The third kappa shape index (κ3) is 7.07. The topological polar surface area (TPSA) is 16.4 Å². The second kappa shape index (κ2) is 18.3. The molecule has 1 heterocycles. The quantitative estimate of drug-likeness (QED) is 0.0897. The van der Waals surface area contributed by atoms with Crippen LogP contribution in [-0.4, -0.2) is 39.2 Å². The zero-order chi connectivity index (χ0) is 49.1. The van der Waals surface area contributed by atoms with E-state index in [0.717, 1.165) is 103 Å². The molecule has 0 N–H and O–H groups in total. The fourth-order valence-electron chi connectivity index (χ4n) is 11.7. The summed E-state index contributed by atoms with van der Waals surface area (Å²) in [6, 6.07) is 46.7. The summed E-state index contributed by atoms with van der Waals surface area (Å²) in [6.45, 7) is 14.5. The highest BCUT2D eigenvalue weighted by molar-refractivity contribution is 6.55. The van der Waals surface area contributed by atoms with E-state index in [-0.39, 0.29) is 0 Å². The Hall–Kier alpha value is -7.62. The first-order chi connectivity index (χ1) is 34.6. The van der Waals surface area contributed by atoms with Gasteiger partial charge in [-0.3, -0.25) is 0 Å². The molecule has 7 heteroatoms. The Bertz CT molecular complexity index is 3630. The van der Waals surface area contributed by atoms with Gasteiger partial charge in [0, 0.05) is 34.1 Å².